The summed E-state index contributed by atoms with van der Waals surface area (Å²) in [7, 11) is 0. The van der Waals surface area contributed by atoms with Crippen molar-refractivity contribution in [2.24, 2.45) is 5.92 Å². The van der Waals surface area contributed by atoms with Crippen molar-refractivity contribution in [1.29, 1.82) is 0 Å². The van der Waals surface area contributed by atoms with Crippen LogP contribution in [0.25, 0.3) is 5.76 Å². The van der Waals surface area contributed by atoms with Crippen LogP contribution in [0.1, 0.15) is 44.4 Å². The van der Waals surface area contributed by atoms with Gasteiger partial charge < -0.3 is 14.6 Å². The monoisotopic (exact) mass is 526 g/mol. The van der Waals surface area contributed by atoms with Gasteiger partial charge >= 0.3 is 5.91 Å². The zero-order valence-electron chi connectivity index (χ0n) is 20.2. The SMILES string of the molecule is CCOc1cc(C2C(=C(O)c3ccc(Cl)cc3)C(=O)C(=O)N2c2nccs2)ccc1OCCC(C)C. The van der Waals surface area contributed by atoms with Crippen molar-refractivity contribution in [3.05, 3.63) is 75.8 Å². The Morgan fingerprint density at radius 3 is 2.53 bits per heavy atom. The minimum atomic E-state index is -0.907. The molecule has 1 saturated heterocycles. The van der Waals surface area contributed by atoms with Crippen LogP contribution in [0.4, 0.5) is 5.13 Å². The molecule has 188 valence electrons. The van der Waals surface area contributed by atoms with Gasteiger partial charge in [-0.15, -0.1) is 11.3 Å². The van der Waals surface area contributed by atoms with E-state index < -0.39 is 17.7 Å². The molecule has 0 aliphatic carbocycles. The van der Waals surface area contributed by atoms with Crippen molar-refractivity contribution in [2.45, 2.75) is 33.2 Å². The Hall–Kier alpha value is -3.36. The zero-order chi connectivity index (χ0) is 25.8. The van der Waals surface area contributed by atoms with Crippen LogP contribution in [0.2, 0.25) is 5.02 Å². The third-order valence-corrected chi connectivity index (χ3v) is 6.75. The topological polar surface area (TPSA) is 89.0 Å². The molecule has 0 spiro atoms. The van der Waals surface area contributed by atoms with Gasteiger partial charge in [0.2, 0.25) is 0 Å². The number of hydrogen-bond donors (Lipinski definition) is 1. The molecule has 3 aromatic rings. The smallest absolute Gasteiger partial charge is 0.301 e. The summed E-state index contributed by atoms with van der Waals surface area (Å²) in [5.74, 6) is -0.284. The first kappa shape index (κ1) is 25.7. The first-order valence-corrected chi connectivity index (χ1v) is 12.9. The predicted octanol–water partition coefficient (Wildman–Crippen LogP) is 6.25. The van der Waals surface area contributed by atoms with E-state index in [1.165, 1.54) is 16.2 Å². The lowest BCUT2D eigenvalue weighted by Crippen LogP contribution is -2.29. The van der Waals surface area contributed by atoms with Crippen LogP contribution in [0.3, 0.4) is 0 Å². The van der Waals surface area contributed by atoms with Gasteiger partial charge in [-0.25, -0.2) is 4.98 Å². The number of hydrogen-bond acceptors (Lipinski definition) is 7. The number of aliphatic hydroxyl groups is 1. The first-order chi connectivity index (χ1) is 17.3. The van der Waals surface area contributed by atoms with Crippen LogP contribution < -0.4 is 14.4 Å². The Balaban J connectivity index is 1.84. The quantitative estimate of drug-likeness (QED) is 0.201. The molecule has 1 N–H and O–H groups in total. The molecule has 0 bridgehead atoms. The van der Waals surface area contributed by atoms with Crippen LogP contribution in [0, 0.1) is 5.92 Å². The average molecular weight is 527 g/mol. The number of carbonyl (C=O) groups is 2. The van der Waals surface area contributed by atoms with Crippen LogP contribution >= 0.6 is 22.9 Å². The van der Waals surface area contributed by atoms with Gasteiger partial charge in [0.1, 0.15) is 5.76 Å². The van der Waals surface area contributed by atoms with Gasteiger partial charge in [-0.1, -0.05) is 31.5 Å². The van der Waals surface area contributed by atoms with E-state index in [0.717, 1.165) is 6.42 Å². The molecule has 1 aliphatic heterocycles. The highest BCUT2D eigenvalue weighted by Gasteiger charge is 2.48. The lowest BCUT2D eigenvalue weighted by Gasteiger charge is -2.24. The van der Waals surface area contributed by atoms with Gasteiger partial charge in [-0.3, -0.25) is 14.5 Å². The van der Waals surface area contributed by atoms with E-state index in [2.05, 4.69) is 18.8 Å². The molecule has 36 heavy (non-hydrogen) atoms. The number of halogens is 1. The Morgan fingerprint density at radius 1 is 1.14 bits per heavy atom. The second-order valence-electron chi connectivity index (χ2n) is 8.66. The molecular weight excluding hydrogens is 500 g/mol. The molecule has 2 heterocycles. The maximum atomic E-state index is 13.2. The van der Waals surface area contributed by atoms with E-state index in [1.807, 2.05) is 6.92 Å². The normalized spacial score (nSPS) is 17.1. The molecule has 1 amide bonds. The number of thiazole rings is 1. The number of aliphatic hydroxyl groups excluding tert-OH is 1. The predicted molar refractivity (Wildman–Crippen MR) is 141 cm³/mol. The molecule has 1 atom stereocenters. The Morgan fingerprint density at radius 2 is 1.89 bits per heavy atom. The largest absolute Gasteiger partial charge is 0.507 e. The fourth-order valence-electron chi connectivity index (χ4n) is 3.93. The molecule has 1 aromatic heterocycles. The Bertz CT molecular complexity index is 1270. The van der Waals surface area contributed by atoms with E-state index in [4.69, 9.17) is 21.1 Å². The maximum absolute atomic E-state index is 13.2. The number of aromatic nitrogens is 1. The molecule has 2 aromatic carbocycles. The number of anilines is 1. The molecular formula is C27H27ClN2O5S. The van der Waals surface area contributed by atoms with Crippen LogP contribution in [0.5, 0.6) is 11.5 Å². The van der Waals surface area contributed by atoms with Crippen molar-refractivity contribution in [2.75, 3.05) is 18.1 Å². The molecule has 0 radical (unpaired) electrons. The Labute approximate surface area is 218 Å². The maximum Gasteiger partial charge on any atom is 0.301 e. The van der Waals surface area contributed by atoms with Crippen LogP contribution in [0.15, 0.2) is 59.6 Å². The van der Waals surface area contributed by atoms with Gasteiger partial charge in [0.15, 0.2) is 16.6 Å². The summed E-state index contributed by atoms with van der Waals surface area (Å²) in [6.07, 6.45) is 2.45. The zero-order valence-corrected chi connectivity index (χ0v) is 21.8. The first-order valence-electron chi connectivity index (χ1n) is 11.7. The molecule has 0 saturated carbocycles. The number of carbonyl (C=O) groups excluding carboxylic acids is 2. The molecule has 1 fully saturated rings. The van der Waals surface area contributed by atoms with Crippen molar-refractivity contribution >= 4 is 45.5 Å². The highest BCUT2D eigenvalue weighted by Crippen LogP contribution is 2.44. The molecule has 1 aliphatic rings. The van der Waals surface area contributed by atoms with E-state index in [-0.39, 0.29) is 11.3 Å². The van der Waals surface area contributed by atoms with Gasteiger partial charge in [0.25, 0.3) is 5.78 Å². The number of nitrogens with zero attached hydrogens (tertiary/aromatic N) is 2. The minimum absolute atomic E-state index is 0.0338. The Kier molecular flexibility index (Phi) is 7.96. The van der Waals surface area contributed by atoms with Crippen molar-refractivity contribution in [1.82, 2.24) is 4.98 Å². The lowest BCUT2D eigenvalue weighted by atomic mass is 9.95. The highest BCUT2D eigenvalue weighted by atomic mass is 35.5. The fourth-order valence-corrected chi connectivity index (χ4v) is 4.72. The third-order valence-electron chi connectivity index (χ3n) is 5.72. The summed E-state index contributed by atoms with van der Waals surface area (Å²) in [6.45, 7) is 7.05. The number of Topliss-reactive ketones (excluding diaryl/α,β-unsaturated/α-hetero) is 1. The minimum Gasteiger partial charge on any atom is -0.507 e. The number of ether oxygens (including phenoxy) is 2. The van der Waals surface area contributed by atoms with Crippen LogP contribution in [-0.2, 0) is 9.59 Å². The van der Waals surface area contributed by atoms with Crippen LogP contribution in [-0.4, -0.2) is 35.0 Å². The fraction of sp³-hybridized carbons (Fsp3) is 0.296. The molecule has 7 nitrogen and oxygen atoms in total. The van der Waals surface area contributed by atoms with Gasteiger partial charge in [0, 0.05) is 22.2 Å². The summed E-state index contributed by atoms with van der Waals surface area (Å²) in [6, 6.07) is 10.8. The standard InChI is InChI=1S/C27H27ClN2O5S/c1-4-34-21-15-18(7-10-20(21)35-13-11-16(2)3)23-22(24(31)17-5-8-19(28)9-6-17)25(32)26(33)30(23)27-29-12-14-36-27/h5-10,12,14-16,23,31H,4,11,13H2,1-3H3. The van der Waals surface area contributed by atoms with Gasteiger partial charge in [0.05, 0.1) is 24.8 Å². The highest BCUT2D eigenvalue weighted by molar-refractivity contribution is 7.14. The number of ketones is 1. The molecule has 1 unspecified atom stereocenters. The number of amides is 1. The molecule has 4 rings (SSSR count). The van der Waals surface area contributed by atoms with E-state index >= 15 is 0 Å². The summed E-state index contributed by atoms with van der Waals surface area (Å²) in [4.78, 5) is 32.0. The average Bonchev–Trinajstić information content (AvgIpc) is 3.47. The second-order valence-corrected chi connectivity index (χ2v) is 9.97. The van der Waals surface area contributed by atoms with E-state index in [0.29, 0.717) is 51.9 Å². The van der Waals surface area contributed by atoms with Crippen molar-refractivity contribution < 1.29 is 24.2 Å². The lowest BCUT2D eigenvalue weighted by molar-refractivity contribution is -0.132. The summed E-state index contributed by atoms with van der Waals surface area (Å²) >= 11 is 7.23. The van der Waals surface area contributed by atoms with Crippen molar-refractivity contribution in [3.8, 4) is 11.5 Å². The van der Waals surface area contributed by atoms with E-state index in [9.17, 15) is 14.7 Å². The summed E-state index contributed by atoms with van der Waals surface area (Å²) < 4.78 is 11.8. The van der Waals surface area contributed by atoms with E-state index in [1.54, 1.807) is 54.0 Å². The molecule has 9 heteroatoms. The third kappa shape index (κ3) is 5.24. The number of rotatable bonds is 9. The van der Waals surface area contributed by atoms with Gasteiger partial charge in [-0.05, 0) is 61.2 Å². The summed E-state index contributed by atoms with van der Waals surface area (Å²) in [5.41, 5.74) is 0.924. The van der Waals surface area contributed by atoms with Gasteiger partial charge in [-0.2, -0.15) is 0 Å². The summed E-state index contributed by atoms with van der Waals surface area (Å²) in [5, 5.41) is 13.8. The number of benzene rings is 2. The van der Waals surface area contributed by atoms with Crippen molar-refractivity contribution in [3.63, 3.8) is 0 Å². The second kappa shape index (κ2) is 11.1.